The summed E-state index contributed by atoms with van der Waals surface area (Å²) in [7, 11) is 0. The number of anilines is 1. The van der Waals surface area contributed by atoms with E-state index < -0.39 is 0 Å². The first-order chi connectivity index (χ1) is 17.4. The summed E-state index contributed by atoms with van der Waals surface area (Å²) in [5.74, 6) is 0.0635. The summed E-state index contributed by atoms with van der Waals surface area (Å²) in [6, 6.07) is 12.7. The second-order valence-electron chi connectivity index (χ2n) is 9.91. The highest BCUT2D eigenvalue weighted by molar-refractivity contribution is 6.05. The largest absolute Gasteiger partial charge is 0.399 e. The molecule has 9 heteroatoms. The van der Waals surface area contributed by atoms with E-state index in [9.17, 15) is 9.59 Å². The summed E-state index contributed by atoms with van der Waals surface area (Å²) in [6.07, 6.45) is 2.73. The molecule has 0 atom stereocenters. The van der Waals surface area contributed by atoms with Crippen molar-refractivity contribution >= 4 is 35.1 Å². The Balaban J connectivity index is 1.32. The second kappa shape index (κ2) is 9.75. The standard InChI is InChI=1S/C27H32N6O3/c1-2-9-33(36-13-18-3-7-22(28)8-4-18)26(35)21-10-19-5-6-20(11-23(19)31-24(29)12-21)25(34)32-16-27(17-32)14-30-15-27/h3-8,10-11,30H,2,9,12-17,28H2,1H3,(H2,29,31). The fourth-order valence-electron chi connectivity index (χ4n) is 4.81. The molecule has 36 heavy (non-hydrogen) atoms. The minimum Gasteiger partial charge on any atom is -0.399 e. The van der Waals surface area contributed by atoms with E-state index in [2.05, 4.69) is 10.3 Å². The van der Waals surface area contributed by atoms with Crippen LogP contribution < -0.4 is 16.8 Å². The van der Waals surface area contributed by atoms with Gasteiger partial charge in [0.05, 0.1) is 5.69 Å². The van der Waals surface area contributed by atoms with Gasteiger partial charge in [0.15, 0.2) is 0 Å². The third-order valence-corrected chi connectivity index (χ3v) is 6.88. The Morgan fingerprint density at radius 2 is 1.89 bits per heavy atom. The number of carbonyl (C=O) groups excluding carboxylic acids is 2. The van der Waals surface area contributed by atoms with Crippen LogP contribution >= 0.6 is 0 Å². The van der Waals surface area contributed by atoms with Gasteiger partial charge in [-0.25, -0.2) is 10.1 Å². The Hall–Kier alpha value is -3.69. The smallest absolute Gasteiger partial charge is 0.273 e. The van der Waals surface area contributed by atoms with Gasteiger partial charge in [0, 0.05) is 66.9 Å². The van der Waals surface area contributed by atoms with Crippen LogP contribution in [0, 0.1) is 5.41 Å². The van der Waals surface area contributed by atoms with Crippen LogP contribution in [0.5, 0.6) is 0 Å². The number of nitrogens with one attached hydrogen (secondary N) is 1. The van der Waals surface area contributed by atoms with Crippen LogP contribution in [-0.4, -0.2) is 60.3 Å². The summed E-state index contributed by atoms with van der Waals surface area (Å²) in [4.78, 5) is 38.7. The zero-order valence-electron chi connectivity index (χ0n) is 20.5. The number of carbonyl (C=O) groups is 2. The predicted molar refractivity (Wildman–Crippen MR) is 139 cm³/mol. The topological polar surface area (TPSA) is 126 Å². The molecule has 0 aromatic heterocycles. The molecule has 2 aromatic carbocycles. The summed E-state index contributed by atoms with van der Waals surface area (Å²) < 4.78 is 0. The zero-order valence-corrected chi connectivity index (χ0v) is 20.5. The van der Waals surface area contributed by atoms with Crippen LogP contribution in [0.1, 0.15) is 41.3 Å². The fourth-order valence-corrected chi connectivity index (χ4v) is 4.81. The van der Waals surface area contributed by atoms with Crippen molar-refractivity contribution in [1.82, 2.24) is 15.3 Å². The van der Waals surface area contributed by atoms with Crippen LogP contribution in [0.4, 0.5) is 11.4 Å². The molecule has 5 rings (SSSR count). The number of aliphatic imine (C=N–C) groups is 1. The Kier molecular flexibility index (Phi) is 6.51. The van der Waals surface area contributed by atoms with Crippen molar-refractivity contribution in [2.45, 2.75) is 26.4 Å². The zero-order chi connectivity index (χ0) is 25.3. The van der Waals surface area contributed by atoms with Gasteiger partial charge >= 0.3 is 0 Å². The average Bonchev–Trinajstić information content (AvgIpc) is 2.97. The minimum atomic E-state index is -0.251. The molecule has 0 saturated carbocycles. The van der Waals surface area contributed by atoms with E-state index in [1.54, 1.807) is 30.3 Å². The lowest BCUT2D eigenvalue weighted by molar-refractivity contribution is -0.187. The van der Waals surface area contributed by atoms with E-state index in [4.69, 9.17) is 16.3 Å². The highest BCUT2D eigenvalue weighted by Gasteiger charge is 2.49. The van der Waals surface area contributed by atoms with Crippen molar-refractivity contribution in [3.05, 3.63) is 64.7 Å². The number of benzene rings is 2. The SMILES string of the molecule is CCCN(OCc1ccc(N)cc1)C(=O)C1=Cc2ccc(C(=O)N3CC4(CNC4)C3)cc2N=C(N)C1. The Labute approximate surface area is 210 Å². The second-order valence-corrected chi connectivity index (χ2v) is 9.91. The van der Waals surface area contributed by atoms with Crippen LogP contribution in [0.2, 0.25) is 0 Å². The fraction of sp³-hybridized carbons (Fsp3) is 0.370. The number of rotatable bonds is 7. The molecule has 3 aliphatic rings. The summed E-state index contributed by atoms with van der Waals surface area (Å²) in [5, 5.41) is 4.66. The van der Waals surface area contributed by atoms with Gasteiger partial charge in [-0.15, -0.1) is 0 Å². The number of hydroxylamine groups is 2. The molecule has 2 saturated heterocycles. The van der Waals surface area contributed by atoms with Crippen molar-refractivity contribution in [2.75, 3.05) is 38.5 Å². The van der Waals surface area contributed by atoms with E-state index in [1.807, 2.05) is 30.0 Å². The van der Waals surface area contributed by atoms with E-state index in [1.165, 1.54) is 5.06 Å². The lowest BCUT2D eigenvalue weighted by Crippen LogP contribution is -2.71. The van der Waals surface area contributed by atoms with Crippen molar-refractivity contribution in [1.29, 1.82) is 0 Å². The molecule has 5 N–H and O–H groups in total. The average molecular weight is 489 g/mol. The summed E-state index contributed by atoms with van der Waals surface area (Å²) >= 11 is 0. The van der Waals surface area contributed by atoms with Crippen LogP contribution in [0.25, 0.3) is 6.08 Å². The van der Waals surface area contributed by atoms with E-state index in [-0.39, 0.29) is 30.3 Å². The molecule has 9 nitrogen and oxygen atoms in total. The first-order valence-electron chi connectivity index (χ1n) is 12.3. The molecular weight excluding hydrogens is 456 g/mol. The predicted octanol–water partition coefficient (Wildman–Crippen LogP) is 2.46. The van der Waals surface area contributed by atoms with Crippen LogP contribution in [0.15, 0.2) is 53.0 Å². The van der Waals surface area contributed by atoms with Gasteiger partial charge in [-0.2, -0.15) is 0 Å². The monoisotopic (exact) mass is 488 g/mol. The Bertz CT molecular complexity index is 1220. The normalized spacial score (nSPS) is 17.8. The maximum atomic E-state index is 13.4. The molecule has 1 spiro atoms. The van der Waals surface area contributed by atoms with E-state index in [0.29, 0.717) is 34.9 Å². The van der Waals surface area contributed by atoms with Gasteiger partial charge in [-0.1, -0.05) is 25.1 Å². The molecule has 0 unspecified atom stereocenters. The number of amidine groups is 1. The maximum Gasteiger partial charge on any atom is 0.273 e. The van der Waals surface area contributed by atoms with Gasteiger partial charge in [0.25, 0.3) is 11.8 Å². The molecule has 2 aromatic rings. The maximum absolute atomic E-state index is 13.4. The van der Waals surface area contributed by atoms with Crippen molar-refractivity contribution in [3.63, 3.8) is 0 Å². The number of likely N-dealkylation sites (tertiary alicyclic amines) is 1. The van der Waals surface area contributed by atoms with Crippen LogP contribution in [0.3, 0.4) is 0 Å². The van der Waals surface area contributed by atoms with Gasteiger partial charge in [0.2, 0.25) is 0 Å². The van der Waals surface area contributed by atoms with E-state index in [0.717, 1.165) is 43.7 Å². The molecule has 0 aliphatic carbocycles. The summed E-state index contributed by atoms with van der Waals surface area (Å²) in [5.41, 5.74) is 16.2. The van der Waals surface area contributed by atoms with Gasteiger partial charge in [-0.3, -0.25) is 14.4 Å². The lowest BCUT2D eigenvalue weighted by atomic mass is 9.74. The van der Waals surface area contributed by atoms with Gasteiger partial charge in [0.1, 0.15) is 12.4 Å². The first-order valence-corrected chi connectivity index (χ1v) is 12.3. The first kappa shape index (κ1) is 24.0. The molecular formula is C27H32N6O3. The number of nitrogen functional groups attached to an aromatic ring is 1. The Morgan fingerprint density at radius 3 is 2.56 bits per heavy atom. The lowest BCUT2D eigenvalue weighted by Gasteiger charge is -2.56. The number of nitrogens with zero attached hydrogens (tertiary/aromatic N) is 3. The molecule has 188 valence electrons. The third kappa shape index (κ3) is 4.84. The number of nitrogens with two attached hydrogens (primary N) is 2. The molecule has 3 heterocycles. The van der Waals surface area contributed by atoms with Crippen molar-refractivity contribution < 1.29 is 14.4 Å². The molecule has 2 fully saturated rings. The number of hydrogen-bond acceptors (Lipinski definition) is 7. The molecule has 2 amide bonds. The highest BCUT2D eigenvalue weighted by Crippen LogP contribution is 2.36. The number of amides is 2. The highest BCUT2D eigenvalue weighted by atomic mass is 16.7. The van der Waals surface area contributed by atoms with Gasteiger partial charge in [-0.05, 0) is 42.3 Å². The molecule has 0 radical (unpaired) electrons. The summed E-state index contributed by atoms with van der Waals surface area (Å²) in [6.45, 7) is 6.19. The minimum absolute atomic E-state index is 0.00110. The Morgan fingerprint density at radius 1 is 1.14 bits per heavy atom. The number of fused-ring (bicyclic) bond motifs is 1. The van der Waals surface area contributed by atoms with E-state index >= 15 is 0 Å². The molecule has 3 aliphatic heterocycles. The molecule has 0 bridgehead atoms. The van der Waals surface area contributed by atoms with Crippen LogP contribution in [-0.2, 0) is 16.2 Å². The van der Waals surface area contributed by atoms with Crippen molar-refractivity contribution in [2.24, 2.45) is 16.1 Å². The third-order valence-electron chi connectivity index (χ3n) is 6.88. The number of hydrogen-bond donors (Lipinski definition) is 3. The quantitative estimate of drug-likeness (QED) is 0.406. The van der Waals surface area contributed by atoms with Crippen molar-refractivity contribution in [3.8, 4) is 0 Å². The van der Waals surface area contributed by atoms with Gasteiger partial charge < -0.3 is 21.7 Å².